The molecule has 0 saturated carbocycles. The van der Waals surface area contributed by atoms with Crippen LogP contribution in [0.2, 0.25) is 0 Å². The molecule has 4 unspecified atom stereocenters. The van der Waals surface area contributed by atoms with Gasteiger partial charge in [-0.15, -0.1) is 0 Å². The zero-order valence-electron chi connectivity index (χ0n) is 24.7. The Morgan fingerprint density at radius 3 is 2.00 bits per heavy atom. The number of aromatic nitrogens is 3. The van der Waals surface area contributed by atoms with Crippen LogP contribution in [0.1, 0.15) is 12.5 Å². The average Bonchev–Trinajstić information content (AvgIpc) is 3.59. The van der Waals surface area contributed by atoms with Crippen LogP contribution in [-0.4, -0.2) is 32.6 Å². The van der Waals surface area contributed by atoms with Gasteiger partial charge in [0.2, 0.25) is 5.95 Å². The van der Waals surface area contributed by atoms with Gasteiger partial charge in [-0.1, -0.05) is 127 Å². The molecule has 1 saturated heterocycles. The van der Waals surface area contributed by atoms with Crippen LogP contribution in [0, 0.1) is 17.8 Å². The molecule has 0 N–H and O–H groups in total. The number of allylic oxidation sites excluding steroid dienone is 3. The summed E-state index contributed by atoms with van der Waals surface area (Å²) in [5.74, 6) is 8.99. The molecule has 3 heterocycles. The Morgan fingerprint density at radius 2 is 1.31 bits per heavy atom. The van der Waals surface area contributed by atoms with Crippen LogP contribution in [0.15, 0.2) is 145 Å². The fourth-order valence-electron chi connectivity index (χ4n) is 7.69. The molecule has 0 amide bonds. The molecule has 0 radical (unpaired) electrons. The van der Waals surface area contributed by atoms with Crippen LogP contribution >= 0.6 is 0 Å². The molecule has 45 heavy (non-hydrogen) atoms. The van der Waals surface area contributed by atoms with Crippen LogP contribution in [0.5, 0.6) is 0 Å². The lowest BCUT2D eigenvalue weighted by molar-refractivity contribution is 0.499. The van der Waals surface area contributed by atoms with Gasteiger partial charge in [-0.2, -0.15) is 9.97 Å². The van der Waals surface area contributed by atoms with E-state index in [1.54, 1.807) is 0 Å². The third kappa shape index (κ3) is 3.79. The topological polar surface area (TPSA) is 45.2 Å². The molecule has 214 valence electrons. The lowest BCUT2D eigenvalue weighted by atomic mass is 9.74. The van der Waals surface area contributed by atoms with Gasteiger partial charge in [0.25, 0.3) is 0 Å². The second-order valence-electron chi connectivity index (χ2n) is 12.0. The molecule has 5 nitrogen and oxygen atoms in total. The maximum Gasteiger partial charge on any atom is 0.234 e. The molecule has 4 aromatic carbocycles. The molecular formula is C40H29N5. The zero-order chi connectivity index (χ0) is 30.0. The lowest BCUT2D eigenvalue weighted by Crippen LogP contribution is -2.58. The van der Waals surface area contributed by atoms with E-state index < -0.39 is 5.54 Å². The first kappa shape index (κ1) is 25.7. The van der Waals surface area contributed by atoms with Gasteiger partial charge in [0.15, 0.2) is 11.6 Å². The van der Waals surface area contributed by atoms with Crippen LogP contribution in [0.25, 0.3) is 28.3 Å². The summed E-state index contributed by atoms with van der Waals surface area (Å²) in [5.41, 5.74) is 7.43. The van der Waals surface area contributed by atoms with Crippen molar-refractivity contribution in [3.63, 3.8) is 0 Å². The fraction of sp³-hybridized carbons (Fsp3) is 0.125. The molecule has 9 rings (SSSR count). The molecule has 2 aliphatic heterocycles. The number of para-hydroxylation sites is 2. The maximum atomic E-state index is 5.25. The summed E-state index contributed by atoms with van der Waals surface area (Å²) in [6.45, 7) is 2.36. The molecule has 5 heteroatoms. The van der Waals surface area contributed by atoms with Crippen LogP contribution < -0.4 is 9.80 Å². The number of hydrogen-bond donors (Lipinski definition) is 0. The van der Waals surface area contributed by atoms with E-state index in [0.717, 1.165) is 22.5 Å². The van der Waals surface area contributed by atoms with Gasteiger partial charge in [-0.25, -0.2) is 4.98 Å². The van der Waals surface area contributed by atoms with Gasteiger partial charge in [-0.3, -0.25) is 4.90 Å². The zero-order valence-corrected chi connectivity index (χ0v) is 24.7. The summed E-state index contributed by atoms with van der Waals surface area (Å²) in [6.07, 6.45) is 8.96. The highest BCUT2D eigenvalue weighted by Crippen LogP contribution is 2.59. The van der Waals surface area contributed by atoms with Crippen molar-refractivity contribution in [1.29, 1.82) is 0 Å². The predicted octanol–water partition coefficient (Wildman–Crippen LogP) is 7.89. The molecule has 2 aliphatic carbocycles. The number of nitrogens with zero attached hydrogens (tertiary/aromatic N) is 5. The Morgan fingerprint density at radius 1 is 0.689 bits per heavy atom. The first-order valence-corrected chi connectivity index (χ1v) is 15.4. The van der Waals surface area contributed by atoms with Gasteiger partial charge in [0, 0.05) is 28.3 Å². The number of hydrogen-bond acceptors (Lipinski definition) is 5. The molecular weight excluding hydrogens is 550 g/mol. The summed E-state index contributed by atoms with van der Waals surface area (Å²) >= 11 is 0. The van der Waals surface area contributed by atoms with E-state index in [1.807, 2.05) is 42.5 Å². The molecule has 0 bridgehead atoms. The quantitative estimate of drug-likeness (QED) is 0.203. The minimum absolute atomic E-state index is 0.0172. The van der Waals surface area contributed by atoms with Gasteiger partial charge in [-0.05, 0) is 42.3 Å². The third-order valence-electron chi connectivity index (χ3n) is 9.60. The summed E-state index contributed by atoms with van der Waals surface area (Å²) in [5, 5.41) is 0. The van der Waals surface area contributed by atoms with E-state index in [0.29, 0.717) is 17.6 Å². The van der Waals surface area contributed by atoms with Crippen LogP contribution in [0.4, 0.5) is 17.3 Å². The van der Waals surface area contributed by atoms with E-state index in [4.69, 9.17) is 15.0 Å². The number of rotatable bonds is 4. The second kappa shape index (κ2) is 9.90. The fourth-order valence-corrected chi connectivity index (χ4v) is 7.69. The number of benzene rings is 4. The van der Waals surface area contributed by atoms with E-state index in [-0.39, 0.29) is 18.0 Å². The smallest absolute Gasteiger partial charge is 0.234 e. The van der Waals surface area contributed by atoms with Gasteiger partial charge in [0.05, 0.1) is 17.3 Å². The lowest BCUT2D eigenvalue weighted by Gasteiger charge is -2.47. The van der Waals surface area contributed by atoms with Gasteiger partial charge >= 0.3 is 0 Å². The van der Waals surface area contributed by atoms with E-state index in [2.05, 4.69) is 126 Å². The van der Waals surface area contributed by atoms with Crippen molar-refractivity contribution < 1.29 is 0 Å². The molecule has 5 aromatic rings. The Hall–Kier alpha value is -5.73. The molecule has 4 atom stereocenters. The Labute approximate surface area is 262 Å². The van der Waals surface area contributed by atoms with Crippen molar-refractivity contribution in [2.75, 3.05) is 9.80 Å². The first-order valence-electron chi connectivity index (χ1n) is 15.4. The minimum Gasteiger partial charge on any atom is -0.347 e. The van der Waals surface area contributed by atoms with Crippen LogP contribution in [-0.2, 0) is 0 Å². The summed E-state index contributed by atoms with van der Waals surface area (Å²) in [4.78, 5) is 20.4. The van der Waals surface area contributed by atoms with E-state index in [9.17, 15) is 0 Å². The molecule has 4 aliphatic rings. The van der Waals surface area contributed by atoms with Crippen molar-refractivity contribution in [2.45, 2.75) is 24.5 Å². The Bertz CT molecular complexity index is 2050. The van der Waals surface area contributed by atoms with Crippen molar-refractivity contribution in [2.24, 2.45) is 5.92 Å². The minimum atomic E-state index is -0.542. The van der Waals surface area contributed by atoms with Crippen molar-refractivity contribution in [3.8, 4) is 34.6 Å². The molecule has 1 fully saturated rings. The van der Waals surface area contributed by atoms with E-state index >= 15 is 0 Å². The summed E-state index contributed by atoms with van der Waals surface area (Å²) in [6, 6.07) is 39.8. The van der Waals surface area contributed by atoms with E-state index in [1.165, 1.54) is 16.7 Å². The molecule has 0 spiro atoms. The normalized spacial score (nSPS) is 23.6. The van der Waals surface area contributed by atoms with Crippen molar-refractivity contribution >= 4 is 22.9 Å². The predicted molar refractivity (Wildman–Crippen MR) is 181 cm³/mol. The highest BCUT2D eigenvalue weighted by atomic mass is 15.4. The van der Waals surface area contributed by atoms with Crippen molar-refractivity contribution in [1.82, 2.24) is 15.0 Å². The Balaban J connectivity index is 1.31. The standard InChI is InChI=1S/C40H29N5/c1-40-33(26-25-31-30-21-11-13-23-34(30)44(36(31)40)29-19-9-4-10-20-29)32-22-12-14-24-35(32)45(40)39-42-37(27-15-5-2-6-16-27)41-38(43-39)28-17-7-3-8-18-28/h2-12,14-22,24-26,30,34,36H,1H3. The largest absolute Gasteiger partial charge is 0.347 e. The Kier molecular flexibility index (Phi) is 5.66. The second-order valence-corrected chi connectivity index (χ2v) is 12.0. The number of anilines is 3. The maximum absolute atomic E-state index is 5.25. The summed E-state index contributed by atoms with van der Waals surface area (Å²) in [7, 11) is 0. The average molecular weight is 580 g/mol. The monoisotopic (exact) mass is 579 g/mol. The first-order chi connectivity index (χ1) is 22.2. The highest BCUT2D eigenvalue weighted by molar-refractivity contribution is 5.97. The highest BCUT2D eigenvalue weighted by Gasteiger charge is 2.60. The van der Waals surface area contributed by atoms with Crippen LogP contribution in [0.3, 0.4) is 0 Å². The van der Waals surface area contributed by atoms with Gasteiger partial charge < -0.3 is 4.90 Å². The van der Waals surface area contributed by atoms with Gasteiger partial charge in [0.1, 0.15) is 6.04 Å². The summed E-state index contributed by atoms with van der Waals surface area (Å²) < 4.78 is 0. The number of fused-ring (bicyclic) bond motifs is 7. The van der Waals surface area contributed by atoms with Crippen molar-refractivity contribution in [3.05, 3.63) is 151 Å². The third-order valence-corrected chi connectivity index (χ3v) is 9.60. The SMILES string of the molecule is CC12C(=CC=C3C4C=CC#CC4N(c4ccccc4)C31)c1ccccc1N2c1nc(-c2ccccc2)nc(-c2ccccc2)n1. The molecule has 1 aromatic heterocycles.